The van der Waals surface area contributed by atoms with Gasteiger partial charge in [-0.05, 0) is 36.5 Å². The molecule has 0 saturated heterocycles. The molecule has 4 nitrogen and oxygen atoms in total. The maximum atomic E-state index is 10.6. The van der Waals surface area contributed by atoms with Crippen molar-refractivity contribution in [3.05, 3.63) is 29.8 Å². The number of nitrogens with one attached hydrogen (secondary N) is 1. The number of carbonyl (C=O) groups excluding carboxylic acids is 1. The average molecular weight is 248 g/mol. The summed E-state index contributed by atoms with van der Waals surface area (Å²) in [5.41, 5.74) is 6.43. The molecule has 2 rings (SSSR count). The quantitative estimate of drug-likeness (QED) is 0.800. The van der Waals surface area contributed by atoms with E-state index < -0.39 is 0 Å². The minimum absolute atomic E-state index is 0.244. The molecule has 1 aromatic carbocycles. The Morgan fingerprint density at radius 1 is 1.50 bits per heavy atom. The molecule has 1 aromatic rings. The largest absolute Gasteiger partial charge is 0.497 e. The fraction of sp³-hybridized carbons (Fsp3) is 0.500. The van der Waals surface area contributed by atoms with Crippen molar-refractivity contribution in [3.63, 3.8) is 0 Å². The number of hydrogen-bond acceptors (Lipinski definition) is 3. The maximum absolute atomic E-state index is 10.6. The van der Waals surface area contributed by atoms with Crippen molar-refractivity contribution in [1.82, 2.24) is 5.32 Å². The first kappa shape index (κ1) is 12.9. The van der Waals surface area contributed by atoms with Crippen molar-refractivity contribution in [3.8, 4) is 5.75 Å². The Morgan fingerprint density at radius 2 is 2.28 bits per heavy atom. The average Bonchev–Trinajstić information content (AvgIpc) is 2.31. The number of amides is 1. The van der Waals surface area contributed by atoms with Crippen LogP contribution in [0.4, 0.5) is 0 Å². The fourth-order valence-corrected chi connectivity index (χ4v) is 2.35. The number of nitrogens with two attached hydrogens (primary N) is 1. The third kappa shape index (κ3) is 3.23. The van der Waals surface area contributed by atoms with Crippen LogP contribution >= 0.6 is 0 Å². The van der Waals surface area contributed by atoms with Crippen LogP contribution in [0, 0.1) is 0 Å². The molecule has 0 aliphatic heterocycles. The Kier molecular flexibility index (Phi) is 4.20. The zero-order chi connectivity index (χ0) is 13.0. The highest BCUT2D eigenvalue weighted by atomic mass is 16.5. The molecular formula is C14H20N2O2. The molecule has 0 unspecified atom stereocenters. The molecule has 3 N–H and O–H groups in total. The van der Waals surface area contributed by atoms with Gasteiger partial charge in [-0.25, -0.2) is 0 Å². The molecule has 98 valence electrons. The van der Waals surface area contributed by atoms with E-state index >= 15 is 0 Å². The molecule has 0 heterocycles. The molecular weight excluding hydrogens is 228 g/mol. The summed E-state index contributed by atoms with van der Waals surface area (Å²) in [5.74, 6) is 1.27. The van der Waals surface area contributed by atoms with Crippen LogP contribution in [-0.4, -0.2) is 25.6 Å². The second-order valence-electron chi connectivity index (χ2n) is 4.81. The summed E-state index contributed by atoms with van der Waals surface area (Å²) in [4.78, 5) is 10.6. The van der Waals surface area contributed by atoms with Crippen molar-refractivity contribution < 1.29 is 9.53 Å². The van der Waals surface area contributed by atoms with Crippen LogP contribution in [0.5, 0.6) is 5.75 Å². The third-order valence-electron chi connectivity index (χ3n) is 3.51. The fourth-order valence-electron chi connectivity index (χ4n) is 2.35. The highest BCUT2D eigenvalue weighted by Crippen LogP contribution is 2.37. The second-order valence-corrected chi connectivity index (χ2v) is 4.81. The third-order valence-corrected chi connectivity index (χ3v) is 3.51. The van der Waals surface area contributed by atoms with Gasteiger partial charge in [-0.2, -0.15) is 0 Å². The van der Waals surface area contributed by atoms with E-state index in [1.54, 1.807) is 7.11 Å². The lowest BCUT2D eigenvalue weighted by Gasteiger charge is -2.36. The van der Waals surface area contributed by atoms with Crippen LogP contribution in [0.3, 0.4) is 0 Å². The summed E-state index contributed by atoms with van der Waals surface area (Å²) in [5, 5.41) is 3.35. The topological polar surface area (TPSA) is 64.3 Å². The Balaban J connectivity index is 1.76. The van der Waals surface area contributed by atoms with Gasteiger partial charge >= 0.3 is 0 Å². The standard InChI is InChI=1S/C14H20N2O2/c1-18-13-4-2-3-10(9-13)11-7-12(8-11)16-6-5-14(15)17/h2-4,9,11-12,16H,5-8H2,1H3,(H2,15,17). The van der Waals surface area contributed by atoms with Gasteiger partial charge in [0.1, 0.15) is 5.75 Å². The summed E-state index contributed by atoms with van der Waals surface area (Å²) >= 11 is 0. The first-order valence-corrected chi connectivity index (χ1v) is 6.34. The summed E-state index contributed by atoms with van der Waals surface area (Å²) in [6.45, 7) is 0.685. The van der Waals surface area contributed by atoms with Gasteiger partial charge in [-0.15, -0.1) is 0 Å². The molecule has 0 spiro atoms. The lowest BCUT2D eigenvalue weighted by molar-refractivity contribution is -0.117. The van der Waals surface area contributed by atoms with E-state index in [-0.39, 0.29) is 5.91 Å². The number of primary amides is 1. The molecule has 1 aliphatic rings. The van der Waals surface area contributed by atoms with E-state index in [4.69, 9.17) is 10.5 Å². The van der Waals surface area contributed by atoms with Gasteiger partial charge in [-0.3, -0.25) is 4.79 Å². The van der Waals surface area contributed by atoms with Gasteiger partial charge in [0, 0.05) is 19.0 Å². The van der Waals surface area contributed by atoms with Crippen molar-refractivity contribution >= 4 is 5.91 Å². The summed E-state index contributed by atoms with van der Waals surface area (Å²) in [6.07, 6.45) is 2.65. The Morgan fingerprint density at radius 3 is 2.94 bits per heavy atom. The monoisotopic (exact) mass is 248 g/mol. The summed E-state index contributed by atoms with van der Waals surface area (Å²) in [7, 11) is 1.69. The smallest absolute Gasteiger partial charge is 0.218 e. The molecule has 0 radical (unpaired) electrons. The molecule has 1 aliphatic carbocycles. The maximum Gasteiger partial charge on any atom is 0.218 e. The molecule has 18 heavy (non-hydrogen) atoms. The van der Waals surface area contributed by atoms with Crippen LogP contribution in [0.25, 0.3) is 0 Å². The second kappa shape index (κ2) is 5.87. The van der Waals surface area contributed by atoms with Crippen LogP contribution < -0.4 is 15.8 Å². The van der Waals surface area contributed by atoms with Crippen molar-refractivity contribution in [2.24, 2.45) is 5.73 Å². The Bertz CT molecular complexity index is 414. The van der Waals surface area contributed by atoms with Crippen molar-refractivity contribution in [2.75, 3.05) is 13.7 Å². The van der Waals surface area contributed by atoms with Gasteiger partial charge in [0.25, 0.3) is 0 Å². The minimum atomic E-state index is -0.244. The van der Waals surface area contributed by atoms with Crippen molar-refractivity contribution in [1.29, 1.82) is 0 Å². The SMILES string of the molecule is COc1cccc(C2CC(NCCC(N)=O)C2)c1. The van der Waals surface area contributed by atoms with Crippen molar-refractivity contribution in [2.45, 2.75) is 31.2 Å². The first-order valence-electron chi connectivity index (χ1n) is 6.34. The molecule has 1 amide bonds. The van der Waals surface area contributed by atoms with Crippen LogP contribution in [-0.2, 0) is 4.79 Å². The minimum Gasteiger partial charge on any atom is -0.497 e. The lowest BCUT2D eigenvalue weighted by atomic mass is 9.76. The van der Waals surface area contributed by atoms with Crippen LogP contribution in [0.15, 0.2) is 24.3 Å². The number of benzene rings is 1. The van der Waals surface area contributed by atoms with Gasteiger partial charge < -0.3 is 15.8 Å². The number of carbonyl (C=O) groups is 1. The van der Waals surface area contributed by atoms with Crippen LogP contribution in [0.2, 0.25) is 0 Å². The molecule has 1 fully saturated rings. The number of methoxy groups -OCH3 is 1. The normalized spacial score (nSPS) is 22.3. The van der Waals surface area contributed by atoms with Gasteiger partial charge in [-0.1, -0.05) is 12.1 Å². The van der Waals surface area contributed by atoms with Crippen LogP contribution in [0.1, 0.15) is 30.7 Å². The number of rotatable bonds is 6. The summed E-state index contributed by atoms with van der Waals surface area (Å²) < 4.78 is 5.22. The first-order chi connectivity index (χ1) is 8.69. The zero-order valence-corrected chi connectivity index (χ0v) is 10.7. The van der Waals surface area contributed by atoms with E-state index in [1.807, 2.05) is 12.1 Å². The predicted molar refractivity (Wildman–Crippen MR) is 70.6 cm³/mol. The molecule has 0 bridgehead atoms. The van der Waals surface area contributed by atoms with E-state index in [0.717, 1.165) is 18.6 Å². The summed E-state index contributed by atoms with van der Waals surface area (Å²) in [6, 6.07) is 8.75. The van der Waals surface area contributed by atoms with E-state index in [2.05, 4.69) is 17.4 Å². The predicted octanol–water partition coefficient (Wildman–Crippen LogP) is 1.41. The number of ether oxygens (including phenoxy) is 1. The van der Waals surface area contributed by atoms with Gasteiger partial charge in [0.15, 0.2) is 0 Å². The molecule has 0 atom stereocenters. The molecule has 1 saturated carbocycles. The van der Waals surface area contributed by atoms with E-state index in [9.17, 15) is 4.79 Å². The van der Waals surface area contributed by atoms with Gasteiger partial charge in [0.05, 0.1) is 7.11 Å². The highest BCUT2D eigenvalue weighted by molar-refractivity contribution is 5.73. The number of hydrogen-bond donors (Lipinski definition) is 2. The van der Waals surface area contributed by atoms with E-state index in [0.29, 0.717) is 24.9 Å². The van der Waals surface area contributed by atoms with E-state index in [1.165, 1.54) is 5.56 Å². The highest BCUT2D eigenvalue weighted by Gasteiger charge is 2.29. The molecule has 0 aromatic heterocycles. The zero-order valence-electron chi connectivity index (χ0n) is 10.7. The molecule has 4 heteroatoms. The lowest BCUT2D eigenvalue weighted by Crippen LogP contribution is -2.41. The van der Waals surface area contributed by atoms with Gasteiger partial charge in [0.2, 0.25) is 5.91 Å². The Labute approximate surface area is 108 Å². The Hall–Kier alpha value is -1.55.